The Morgan fingerprint density at radius 2 is 2.05 bits per heavy atom. The first-order valence-electron chi connectivity index (χ1n) is 6.46. The van der Waals surface area contributed by atoms with E-state index >= 15 is 0 Å². The van der Waals surface area contributed by atoms with Crippen LogP contribution in [-0.4, -0.2) is 21.4 Å². The summed E-state index contributed by atoms with van der Waals surface area (Å²) in [5.41, 5.74) is 5.13. The van der Waals surface area contributed by atoms with Gasteiger partial charge in [-0.1, -0.05) is 0 Å². The van der Waals surface area contributed by atoms with Gasteiger partial charge in [0.1, 0.15) is 0 Å². The van der Waals surface area contributed by atoms with Crippen LogP contribution < -0.4 is 10.5 Å². The van der Waals surface area contributed by atoms with E-state index in [4.69, 9.17) is 10.5 Å². The molecule has 0 spiro atoms. The van der Waals surface area contributed by atoms with E-state index in [1.54, 1.807) is 6.07 Å². The maximum atomic E-state index is 12.5. The molecule has 5 nitrogen and oxygen atoms in total. The smallest absolute Gasteiger partial charge is 0.435 e. The van der Waals surface area contributed by atoms with Crippen molar-refractivity contribution in [3.63, 3.8) is 0 Å². The van der Waals surface area contributed by atoms with Crippen LogP contribution in [0.5, 0.6) is 5.88 Å². The van der Waals surface area contributed by atoms with Gasteiger partial charge in [0.15, 0.2) is 11.5 Å². The molecule has 0 unspecified atom stereocenters. The van der Waals surface area contributed by atoms with Crippen molar-refractivity contribution in [2.45, 2.75) is 19.0 Å². The molecule has 1 aliphatic rings. The van der Waals surface area contributed by atoms with Crippen molar-refractivity contribution in [2.24, 2.45) is 5.92 Å². The Balaban J connectivity index is 1.84. The molecule has 2 aromatic heterocycles. The SMILES string of the molecule is Nc1ccc(-n2ccc(C(F)(F)F)n2)nc1OCC1CC1. The summed E-state index contributed by atoms with van der Waals surface area (Å²) in [4.78, 5) is 4.12. The molecule has 1 fully saturated rings. The summed E-state index contributed by atoms with van der Waals surface area (Å²) in [6.45, 7) is 0.521. The van der Waals surface area contributed by atoms with Crippen molar-refractivity contribution in [3.8, 4) is 11.7 Å². The Bertz CT molecular complexity index is 649. The van der Waals surface area contributed by atoms with Crippen molar-refractivity contribution < 1.29 is 17.9 Å². The Morgan fingerprint density at radius 1 is 1.29 bits per heavy atom. The van der Waals surface area contributed by atoms with Gasteiger partial charge in [-0.05, 0) is 37.0 Å². The maximum Gasteiger partial charge on any atom is 0.435 e. The van der Waals surface area contributed by atoms with E-state index in [0.717, 1.165) is 23.6 Å². The summed E-state index contributed by atoms with van der Waals surface area (Å²) in [7, 11) is 0. The lowest BCUT2D eigenvalue weighted by Gasteiger charge is -2.09. The van der Waals surface area contributed by atoms with Gasteiger partial charge >= 0.3 is 6.18 Å². The minimum Gasteiger partial charge on any atom is -0.476 e. The normalized spacial score (nSPS) is 15.2. The van der Waals surface area contributed by atoms with Gasteiger partial charge in [0.25, 0.3) is 0 Å². The molecule has 0 aromatic carbocycles. The summed E-state index contributed by atoms with van der Waals surface area (Å²) >= 11 is 0. The molecular formula is C13H13F3N4O. The molecule has 1 saturated carbocycles. The topological polar surface area (TPSA) is 66.0 Å². The van der Waals surface area contributed by atoms with Crippen LogP contribution in [0, 0.1) is 5.92 Å². The molecule has 8 heteroatoms. The molecule has 21 heavy (non-hydrogen) atoms. The number of hydrogen-bond donors (Lipinski definition) is 1. The number of halogens is 3. The van der Waals surface area contributed by atoms with Crippen LogP contribution in [0.3, 0.4) is 0 Å². The van der Waals surface area contributed by atoms with Crippen LogP contribution in [0.1, 0.15) is 18.5 Å². The van der Waals surface area contributed by atoms with Gasteiger partial charge in [0.2, 0.25) is 5.88 Å². The third-order valence-corrected chi connectivity index (χ3v) is 3.14. The highest BCUT2D eigenvalue weighted by molar-refractivity contribution is 5.50. The number of aromatic nitrogens is 3. The highest BCUT2D eigenvalue weighted by Gasteiger charge is 2.33. The largest absolute Gasteiger partial charge is 0.476 e. The third-order valence-electron chi connectivity index (χ3n) is 3.14. The average Bonchev–Trinajstić information content (AvgIpc) is 3.10. The fraction of sp³-hybridized carbons (Fsp3) is 0.385. The molecule has 3 rings (SSSR count). The lowest BCUT2D eigenvalue weighted by atomic mass is 10.4. The molecule has 0 atom stereocenters. The van der Waals surface area contributed by atoms with Crippen LogP contribution in [0.25, 0.3) is 5.82 Å². The zero-order valence-electron chi connectivity index (χ0n) is 11.0. The number of ether oxygens (including phenoxy) is 1. The lowest BCUT2D eigenvalue weighted by Crippen LogP contribution is -2.09. The quantitative estimate of drug-likeness (QED) is 0.942. The zero-order chi connectivity index (χ0) is 15.0. The second-order valence-electron chi connectivity index (χ2n) is 4.96. The van der Waals surface area contributed by atoms with Crippen molar-refractivity contribution in [2.75, 3.05) is 12.3 Å². The van der Waals surface area contributed by atoms with Crippen LogP contribution in [0.4, 0.5) is 18.9 Å². The Morgan fingerprint density at radius 3 is 2.67 bits per heavy atom. The van der Waals surface area contributed by atoms with Gasteiger partial charge < -0.3 is 10.5 Å². The van der Waals surface area contributed by atoms with Crippen molar-refractivity contribution in [3.05, 3.63) is 30.1 Å². The zero-order valence-corrected chi connectivity index (χ0v) is 11.0. The van der Waals surface area contributed by atoms with Gasteiger partial charge in [-0.15, -0.1) is 0 Å². The van der Waals surface area contributed by atoms with Gasteiger partial charge in [0, 0.05) is 6.20 Å². The predicted molar refractivity (Wildman–Crippen MR) is 69.0 cm³/mol. The summed E-state index contributed by atoms with van der Waals surface area (Å²) in [6.07, 6.45) is -1.04. The van der Waals surface area contributed by atoms with Crippen LogP contribution in [0.15, 0.2) is 24.4 Å². The summed E-state index contributed by atoms with van der Waals surface area (Å²) in [6, 6.07) is 3.93. The van der Waals surface area contributed by atoms with Gasteiger partial charge in [-0.2, -0.15) is 23.3 Å². The van der Waals surface area contributed by atoms with Crippen LogP contribution in [-0.2, 0) is 6.18 Å². The maximum absolute atomic E-state index is 12.5. The van der Waals surface area contributed by atoms with E-state index in [1.807, 2.05) is 0 Å². The van der Waals surface area contributed by atoms with E-state index in [1.165, 1.54) is 12.3 Å². The van der Waals surface area contributed by atoms with E-state index in [9.17, 15) is 13.2 Å². The molecule has 2 aromatic rings. The highest BCUT2D eigenvalue weighted by Crippen LogP contribution is 2.31. The standard InChI is InChI=1S/C13H13F3N4O/c14-13(15,16)10-5-6-20(19-10)11-4-3-9(17)12(18-11)21-7-8-1-2-8/h3-6,8H,1-2,7,17H2. The van der Waals surface area contributed by atoms with Crippen molar-refractivity contribution in [1.29, 1.82) is 0 Å². The highest BCUT2D eigenvalue weighted by atomic mass is 19.4. The average molecular weight is 298 g/mol. The summed E-state index contributed by atoms with van der Waals surface area (Å²) in [5, 5.41) is 3.46. The minimum atomic E-state index is -4.48. The molecule has 0 amide bonds. The number of alkyl halides is 3. The molecule has 2 N–H and O–H groups in total. The van der Waals surface area contributed by atoms with Crippen molar-refractivity contribution in [1.82, 2.24) is 14.8 Å². The molecular weight excluding hydrogens is 285 g/mol. The van der Waals surface area contributed by atoms with Crippen LogP contribution in [0.2, 0.25) is 0 Å². The van der Waals surface area contributed by atoms with E-state index < -0.39 is 11.9 Å². The Hall–Kier alpha value is -2.25. The number of nitrogen functional groups attached to an aromatic ring is 1. The molecule has 1 aliphatic carbocycles. The summed E-state index contributed by atoms with van der Waals surface area (Å²) < 4.78 is 44.2. The minimum absolute atomic E-state index is 0.225. The Kier molecular flexibility index (Phi) is 3.23. The number of nitrogens with two attached hydrogens (primary N) is 1. The first-order chi connectivity index (χ1) is 9.93. The van der Waals surface area contributed by atoms with Crippen LogP contribution >= 0.6 is 0 Å². The monoisotopic (exact) mass is 298 g/mol. The molecule has 0 saturated heterocycles. The number of hydrogen-bond acceptors (Lipinski definition) is 4. The number of rotatable bonds is 4. The second-order valence-corrected chi connectivity index (χ2v) is 4.96. The van der Waals surface area contributed by atoms with E-state index in [0.29, 0.717) is 18.2 Å². The molecule has 2 heterocycles. The second kappa shape index (κ2) is 4.94. The van der Waals surface area contributed by atoms with Gasteiger partial charge in [-0.3, -0.25) is 0 Å². The third kappa shape index (κ3) is 3.09. The van der Waals surface area contributed by atoms with E-state index in [2.05, 4.69) is 10.1 Å². The number of anilines is 1. The number of nitrogens with zero attached hydrogens (tertiary/aromatic N) is 3. The Labute approximate surface area is 118 Å². The van der Waals surface area contributed by atoms with E-state index in [-0.39, 0.29) is 11.7 Å². The molecule has 0 aliphatic heterocycles. The number of pyridine rings is 1. The fourth-order valence-electron chi connectivity index (χ4n) is 1.77. The van der Waals surface area contributed by atoms with Crippen molar-refractivity contribution >= 4 is 5.69 Å². The molecule has 0 radical (unpaired) electrons. The predicted octanol–water partition coefficient (Wildman–Crippen LogP) is 2.66. The summed E-state index contributed by atoms with van der Waals surface area (Å²) in [5.74, 6) is 0.977. The molecule has 0 bridgehead atoms. The fourth-order valence-corrected chi connectivity index (χ4v) is 1.77. The van der Waals surface area contributed by atoms with Gasteiger partial charge in [0.05, 0.1) is 12.3 Å². The first-order valence-corrected chi connectivity index (χ1v) is 6.46. The molecule has 112 valence electrons. The lowest BCUT2D eigenvalue weighted by molar-refractivity contribution is -0.141. The van der Waals surface area contributed by atoms with Gasteiger partial charge in [-0.25, -0.2) is 4.68 Å². The first kappa shape index (κ1) is 13.7.